The van der Waals surface area contributed by atoms with E-state index in [1.165, 1.54) is 11.8 Å². The Bertz CT molecular complexity index is 606. The maximum absolute atomic E-state index is 10.6. The highest BCUT2D eigenvalue weighted by Crippen LogP contribution is 2.47. The van der Waals surface area contributed by atoms with Gasteiger partial charge in [-0.25, -0.2) is 0 Å². The highest BCUT2D eigenvalue weighted by atomic mass is 35.5. The molecule has 6 nitrogen and oxygen atoms in total. The summed E-state index contributed by atoms with van der Waals surface area (Å²) in [7, 11) is 4.05. The summed E-state index contributed by atoms with van der Waals surface area (Å²) in [5.41, 5.74) is 0.970. The summed E-state index contributed by atoms with van der Waals surface area (Å²) in [6.45, 7) is 1.32. The molecule has 0 unspecified atom stereocenters. The third kappa shape index (κ3) is 3.93. The molecule has 25 heavy (non-hydrogen) atoms. The summed E-state index contributed by atoms with van der Waals surface area (Å²) >= 11 is 7.69. The van der Waals surface area contributed by atoms with Gasteiger partial charge in [-0.1, -0.05) is 11.6 Å². The number of rotatable bonds is 5. The Balaban J connectivity index is 1.91. The van der Waals surface area contributed by atoms with E-state index in [1.807, 2.05) is 32.3 Å². The fourth-order valence-corrected chi connectivity index (χ4v) is 4.88. The van der Waals surface area contributed by atoms with Gasteiger partial charge in [0.15, 0.2) is 0 Å². The van der Waals surface area contributed by atoms with Crippen LogP contribution in [0.2, 0.25) is 5.02 Å². The minimum atomic E-state index is -1.10. The van der Waals surface area contributed by atoms with E-state index < -0.39 is 24.5 Å². The van der Waals surface area contributed by atoms with Crippen molar-refractivity contribution in [1.29, 1.82) is 0 Å². The molecule has 0 spiro atoms. The van der Waals surface area contributed by atoms with Gasteiger partial charge in [-0.2, -0.15) is 0 Å². The molecule has 3 N–H and O–H groups in total. The summed E-state index contributed by atoms with van der Waals surface area (Å²) in [5, 5.41) is 30.6. The maximum atomic E-state index is 10.6. The molecule has 8 heteroatoms. The third-order valence-corrected chi connectivity index (χ3v) is 6.27. The van der Waals surface area contributed by atoms with E-state index in [1.54, 1.807) is 0 Å². The SMILES string of the molecule is CN(C)CCCN1c2cc(Cl)ccc2S[C@H]2[C@@H](O)[C@H](O)[C@@H](CO)O[C@H]21. The second-order valence-electron chi connectivity index (χ2n) is 6.77. The van der Waals surface area contributed by atoms with E-state index in [9.17, 15) is 15.3 Å². The molecule has 2 aliphatic rings. The van der Waals surface area contributed by atoms with E-state index in [4.69, 9.17) is 16.3 Å². The molecular weight excluding hydrogens is 364 g/mol. The van der Waals surface area contributed by atoms with Gasteiger partial charge in [-0.05, 0) is 45.3 Å². The van der Waals surface area contributed by atoms with Crippen molar-refractivity contribution in [1.82, 2.24) is 4.90 Å². The zero-order valence-corrected chi connectivity index (χ0v) is 16.0. The molecule has 0 radical (unpaired) electrons. The van der Waals surface area contributed by atoms with Crippen LogP contribution in [0.15, 0.2) is 23.1 Å². The monoisotopic (exact) mass is 388 g/mol. The lowest BCUT2D eigenvalue weighted by Gasteiger charge is -2.50. The van der Waals surface area contributed by atoms with Crippen LogP contribution in [0.3, 0.4) is 0 Å². The number of benzene rings is 1. The zero-order chi connectivity index (χ0) is 18.1. The second-order valence-corrected chi connectivity index (χ2v) is 8.43. The molecule has 2 heterocycles. The van der Waals surface area contributed by atoms with Gasteiger partial charge in [0, 0.05) is 16.5 Å². The van der Waals surface area contributed by atoms with Crippen molar-refractivity contribution in [3.05, 3.63) is 23.2 Å². The summed E-state index contributed by atoms with van der Waals surface area (Å²) < 4.78 is 5.98. The quantitative estimate of drug-likeness (QED) is 0.695. The Morgan fingerprint density at radius 1 is 1.28 bits per heavy atom. The number of ether oxygens (including phenoxy) is 1. The Morgan fingerprint density at radius 2 is 2.04 bits per heavy atom. The number of hydrogen-bond acceptors (Lipinski definition) is 7. The average molecular weight is 389 g/mol. The molecule has 1 saturated heterocycles. The smallest absolute Gasteiger partial charge is 0.145 e. The second kappa shape index (κ2) is 8.00. The molecule has 0 saturated carbocycles. The number of hydrogen-bond donors (Lipinski definition) is 3. The fraction of sp³-hybridized carbons (Fsp3) is 0.647. The maximum Gasteiger partial charge on any atom is 0.145 e. The van der Waals surface area contributed by atoms with Gasteiger partial charge in [-0.3, -0.25) is 0 Å². The largest absolute Gasteiger partial charge is 0.394 e. The van der Waals surface area contributed by atoms with Gasteiger partial charge in [0.2, 0.25) is 0 Å². The van der Waals surface area contributed by atoms with Crippen LogP contribution in [0.1, 0.15) is 6.42 Å². The first-order valence-corrected chi connectivity index (χ1v) is 9.68. The van der Waals surface area contributed by atoms with Gasteiger partial charge in [-0.15, -0.1) is 11.8 Å². The Hall–Kier alpha value is -0.540. The van der Waals surface area contributed by atoms with E-state index in [-0.39, 0.29) is 11.9 Å². The Labute approximate surface area is 157 Å². The number of fused-ring (bicyclic) bond motifs is 2. The minimum Gasteiger partial charge on any atom is -0.394 e. The topological polar surface area (TPSA) is 76.4 Å². The number of halogens is 1. The van der Waals surface area contributed by atoms with E-state index in [0.29, 0.717) is 5.02 Å². The average Bonchev–Trinajstić information content (AvgIpc) is 2.58. The van der Waals surface area contributed by atoms with E-state index >= 15 is 0 Å². The molecule has 1 fully saturated rings. The van der Waals surface area contributed by atoms with Crippen molar-refractivity contribution in [2.45, 2.75) is 41.1 Å². The molecule has 0 bridgehead atoms. The van der Waals surface area contributed by atoms with E-state index in [0.717, 1.165) is 30.1 Å². The van der Waals surface area contributed by atoms with Crippen LogP contribution in [-0.4, -0.2) is 83.8 Å². The van der Waals surface area contributed by atoms with Crippen LogP contribution in [0.5, 0.6) is 0 Å². The predicted molar refractivity (Wildman–Crippen MR) is 99.4 cm³/mol. The highest BCUT2D eigenvalue weighted by Gasteiger charge is 2.49. The fourth-order valence-electron chi connectivity index (χ4n) is 3.35. The number of aliphatic hydroxyl groups excluding tert-OH is 3. The summed E-state index contributed by atoms with van der Waals surface area (Å²) in [5.74, 6) is 0. The normalized spacial score (nSPS) is 31.8. The van der Waals surface area contributed by atoms with Crippen molar-refractivity contribution in [2.75, 3.05) is 38.7 Å². The van der Waals surface area contributed by atoms with Gasteiger partial charge in [0.1, 0.15) is 18.4 Å². The van der Waals surface area contributed by atoms with Crippen LogP contribution in [0.25, 0.3) is 0 Å². The summed E-state index contributed by atoms with van der Waals surface area (Å²) in [6, 6.07) is 5.67. The molecule has 5 atom stereocenters. The first kappa shape index (κ1) is 19.2. The van der Waals surface area contributed by atoms with Crippen LogP contribution in [-0.2, 0) is 4.74 Å². The first-order chi connectivity index (χ1) is 11.9. The molecule has 2 aliphatic heterocycles. The van der Waals surface area contributed by atoms with Crippen molar-refractivity contribution >= 4 is 29.1 Å². The van der Waals surface area contributed by atoms with Crippen molar-refractivity contribution in [2.24, 2.45) is 0 Å². The number of aliphatic hydroxyl groups is 3. The minimum absolute atomic E-state index is 0.328. The standard InChI is InChI=1S/C17H25ClN2O4S/c1-19(2)6-3-7-20-11-8-10(18)4-5-13(11)25-16-15(23)14(22)12(9-21)24-17(16)20/h4-5,8,12,14-17,21-23H,3,6-7,9H2,1-2H3/t12-,14-,15+,16+,17-/m1/s1. The Morgan fingerprint density at radius 3 is 2.72 bits per heavy atom. The van der Waals surface area contributed by atoms with Crippen molar-refractivity contribution in [3.63, 3.8) is 0 Å². The zero-order valence-electron chi connectivity index (χ0n) is 14.4. The lowest BCUT2D eigenvalue weighted by molar-refractivity contribution is -0.175. The molecule has 140 valence electrons. The molecule has 0 aliphatic carbocycles. The lowest BCUT2D eigenvalue weighted by atomic mass is 9.99. The molecular formula is C17H25ClN2O4S. The van der Waals surface area contributed by atoms with Crippen LogP contribution in [0, 0.1) is 0 Å². The predicted octanol–water partition coefficient (Wildman–Crippen LogP) is 1.01. The van der Waals surface area contributed by atoms with Gasteiger partial charge < -0.3 is 29.9 Å². The number of anilines is 1. The Kier molecular flexibility index (Phi) is 6.15. The van der Waals surface area contributed by atoms with Crippen molar-refractivity contribution < 1.29 is 20.1 Å². The summed E-state index contributed by atoms with van der Waals surface area (Å²) in [4.78, 5) is 5.23. The number of nitrogens with zero attached hydrogens (tertiary/aromatic N) is 2. The van der Waals surface area contributed by atoms with Crippen LogP contribution in [0.4, 0.5) is 5.69 Å². The highest BCUT2D eigenvalue weighted by molar-refractivity contribution is 8.00. The van der Waals surface area contributed by atoms with Crippen LogP contribution >= 0.6 is 23.4 Å². The van der Waals surface area contributed by atoms with Gasteiger partial charge >= 0.3 is 0 Å². The first-order valence-electron chi connectivity index (χ1n) is 8.42. The third-order valence-electron chi connectivity index (χ3n) is 4.65. The van der Waals surface area contributed by atoms with Gasteiger partial charge in [0.05, 0.1) is 23.6 Å². The number of thioether (sulfide) groups is 1. The molecule has 3 rings (SSSR count). The van der Waals surface area contributed by atoms with E-state index in [2.05, 4.69) is 9.80 Å². The molecule has 0 aromatic heterocycles. The molecule has 0 amide bonds. The summed E-state index contributed by atoms with van der Waals surface area (Å²) in [6.07, 6.45) is -2.38. The van der Waals surface area contributed by atoms with Gasteiger partial charge in [0.25, 0.3) is 0 Å². The lowest BCUT2D eigenvalue weighted by Crippen LogP contribution is -2.63. The molecule has 1 aromatic carbocycles. The molecule has 1 aromatic rings. The van der Waals surface area contributed by atoms with Crippen molar-refractivity contribution in [3.8, 4) is 0 Å². The van der Waals surface area contributed by atoms with Crippen LogP contribution < -0.4 is 4.90 Å².